The van der Waals surface area contributed by atoms with Gasteiger partial charge in [0.25, 0.3) is 0 Å². The van der Waals surface area contributed by atoms with Crippen LogP contribution in [-0.2, 0) is 11.3 Å². The van der Waals surface area contributed by atoms with Gasteiger partial charge in [0, 0.05) is 32.2 Å². The zero-order chi connectivity index (χ0) is 18.1. The van der Waals surface area contributed by atoms with Gasteiger partial charge in [-0.25, -0.2) is 4.79 Å². The van der Waals surface area contributed by atoms with Crippen molar-refractivity contribution in [1.82, 2.24) is 15.5 Å². The maximum Gasteiger partial charge on any atom is 0.315 e. The second-order valence-electron chi connectivity index (χ2n) is 6.84. The third-order valence-electron chi connectivity index (χ3n) is 4.42. The van der Waals surface area contributed by atoms with E-state index in [1.807, 2.05) is 24.3 Å². The van der Waals surface area contributed by atoms with E-state index in [0.29, 0.717) is 25.0 Å². The number of methoxy groups -OCH3 is 1. The van der Waals surface area contributed by atoms with Gasteiger partial charge in [-0.2, -0.15) is 0 Å². The van der Waals surface area contributed by atoms with E-state index in [1.54, 1.807) is 7.11 Å². The molecule has 0 bridgehead atoms. The predicted octanol–water partition coefficient (Wildman–Crippen LogP) is 2.24. The molecule has 140 valence electrons. The average molecular weight is 349 g/mol. The molecule has 0 unspecified atom stereocenters. The van der Waals surface area contributed by atoms with Crippen LogP contribution in [0.3, 0.4) is 0 Å². The lowest BCUT2D eigenvalue weighted by molar-refractivity contribution is 0.0129. The highest BCUT2D eigenvalue weighted by Crippen LogP contribution is 2.13. The molecule has 1 fully saturated rings. The van der Waals surface area contributed by atoms with E-state index in [4.69, 9.17) is 9.47 Å². The molecule has 6 heteroatoms. The summed E-state index contributed by atoms with van der Waals surface area (Å²) in [5.41, 5.74) is 1.04. The molecular formula is C19H31N3O3. The molecule has 2 rings (SSSR count). The molecule has 1 aromatic rings. The zero-order valence-electron chi connectivity index (χ0n) is 15.6. The van der Waals surface area contributed by atoms with Crippen molar-refractivity contribution in [3.63, 3.8) is 0 Å². The largest absolute Gasteiger partial charge is 0.497 e. The molecular weight excluding hydrogens is 318 g/mol. The first kappa shape index (κ1) is 19.5. The van der Waals surface area contributed by atoms with Crippen molar-refractivity contribution >= 4 is 6.03 Å². The molecule has 0 spiro atoms. The van der Waals surface area contributed by atoms with Crippen molar-refractivity contribution in [2.45, 2.75) is 32.9 Å². The van der Waals surface area contributed by atoms with Gasteiger partial charge in [-0.1, -0.05) is 26.0 Å². The number of hydrogen-bond acceptors (Lipinski definition) is 4. The van der Waals surface area contributed by atoms with Crippen LogP contribution >= 0.6 is 0 Å². The summed E-state index contributed by atoms with van der Waals surface area (Å²) in [6.07, 6.45) is 1.07. The van der Waals surface area contributed by atoms with Crippen LogP contribution in [0.4, 0.5) is 4.79 Å². The molecule has 0 saturated carbocycles. The van der Waals surface area contributed by atoms with Crippen molar-refractivity contribution in [3.8, 4) is 5.75 Å². The summed E-state index contributed by atoms with van der Waals surface area (Å²) in [4.78, 5) is 14.5. The Balaban J connectivity index is 1.76. The Kier molecular flexibility index (Phi) is 8.01. The van der Waals surface area contributed by atoms with E-state index in [0.717, 1.165) is 44.0 Å². The molecule has 2 N–H and O–H groups in total. The van der Waals surface area contributed by atoms with E-state index < -0.39 is 0 Å². The van der Waals surface area contributed by atoms with E-state index >= 15 is 0 Å². The van der Waals surface area contributed by atoms with Crippen molar-refractivity contribution in [1.29, 1.82) is 0 Å². The maximum atomic E-state index is 12.1. The highest BCUT2D eigenvalue weighted by atomic mass is 16.5. The highest BCUT2D eigenvalue weighted by molar-refractivity contribution is 5.73. The fourth-order valence-electron chi connectivity index (χ4n) is 3.05. The van der Waals surface area contributed by atoms with Crippen molar-refractivity contribution in [2.24, 2.45) is 5.92 Å². The minimum atomic E-state index is -0.127. The number of nitrogens with zero attached hydrogens (tertiary/aromatic N) is 1. The summed E-state index contributed by atoms with van der Waals surface area (Å²) < 4.78 is 10.6. The fraction of sp³-hybridized carbons (Fsp3) is 0.632. The van der Waals surface area contributed by atoms with Crippen LogP contribution in [0, 0.1) is 5.92 Å². The first-order valence-electron chi connectivity index (χ1n) is 9.05. The number of carbonyl (C=O) groups is 1. The van der Waals surface area contributed by atoms with Crippen LogP contribution in [0.25, 0.3) is 0 Å². The van der Waals surface area contributed by atoms with Crippen LogP contribution in [0.2, 0.25) is 0 Å². The van der Waals surface area contributed by atoms with Crippen LogP contribution in [-0.4, -0.2) is 56.9 Å². The summed E-state index contributed by atoms with van der Waals surface area (Å²) in [6.45, 7) is 9.03. The van der Waals surface area contributed by atoms with Crippen LogP contribution < -0.4 is 15.4 Å². The number of morpholine rings is 1. The van der Waals surface area contributed by atoms with Crippen molar-refractivity contribution < 1.29 is 14.3 Å². The standard InChI is InChI=1S/C19H31N3O3/c1-15(2)12-17(22-8-10-25-11-9-22)14-21-19(23)20-13-16-4-6-18(24-3)7-5-16/h4-7,15,17H,8-14H2,1-3H3,(H2,20,21,23)/t17-/m0/s1. The van der Waals surface area contributed by atoms with Crippen LogP contribution in [0.1, 0.15) is 25.8 Å². The van der Waals surface area contributed by atoms with Gasteiger partial charge in [0.1, 0.15) is 5.75 Å². The minimum Gasteiger partial charge on any atom is -0.497 e. The van der Waals surface area contributed by atoms with Crippen LogP contribution in [0.5, 0.6) is 5.75 Å². The summed E-state index contributed by atoms with van der Waals surface area (Å²) in [5.74, 6) is 1.41. The predicted molar refractivity (Wildman–Crippen MR) is 98.9 cm³/mol. The molecule has 1 saturated heterocycles. The SMILES string of the molecule is COc1ccc(CNC(=O)NC[C@H](CC(C)C)N2CCOCC2)cc1. The molecule has 25 heavy (non-hydrogen) atoms. The van der Waals surface area contributed by atoms with Gasteiger partial charge in [0.2, 0.25) is 0 Å². The molecule has 1 aliphatic heterocycles. The second-order valence-corrected chi connectivity index (χ2v) is 6.84. The van der Waals surface area contributed by atoms with E-state index in [9.17, 15) is 4.79 Å². The lowest BCUT2D eigenvalue weighted by Gasteiger charge is -2.35. The Hall–Kier alpha value is -1.79. The minimum absolute atomic E-state index is 0.127. The van der Waals surface area contributed by atoms with Gasteiger partial charge in [0.05, 0.1) is 20.3 Å². The van der Waals surface area contributed by atoms with Crippen molar-refractivity contribution in [3.05, 3.63) is 29.8 Å². The number of rotatable bonds is 8. The summed E-state index contributed by atoms with van der Waals surface area (Å²) >= 11 is 0. The molecule has 1 aromatic carbocycles. The fourth-order valence-corrected chi connectivity index (χ4v) is 3.05. The number of hydrogen-bond donors (Lipinski definition) is 2. The van der Waals surface area contributed by atoms with E-state index in [-0.39, 0.29) is 6.03 Å². The Bertz CT molecular complexity index is 513. The molecule has 1 atom stereocenters. The highest BCUT2D eigenvalue weighted by Gasteiger charge is 2.22. The van der Waals surface area contributed by atoms with Gasteiger partial charge < -0.3 is 20.1 Å². The number of nitrogens with one attached hydrogen (secondary N) is 2. The third kappa shape index (κ3) is 6.92. The molecule has 0 aliphatic carbocycles. The molecule has 0 radical (unpaired) electrons. The normalized spacial score (nSPS) is 16.5. The molecule has 1 heterocycles. The van der Waals surface area contributed by atoms with Gasteiger partial charge in [-0.3, -0.25) is 4.90 Å². The Morgan fingerprint density at radius 2 is 1.88 bits per heavy atom. The quantitative estimate of drug-likeness (QED) is 0.756. The maximum absolute atomic E-state index is 12.1. The molecule has 2 amide bonds. The number of benzene rings is 1. The molecule has 1 aliphatic rings. The van der Waals surface area contributed by atoms with Gasteiger partial charge in [0.15, 0.2) is 0 Å². The Labute approximate surface area is 150 Å². The molecule has 6 nitrogen and oxygen atoms in total. The summed E-state index contributed by atoms with van der Waals surface area (Å²) in [6, 6.07) is 7.93. The first-order valence-corrected chi connectivity index (χ1v) is 9.05. The number of carbonyl (C=O) groups excluding carboxylic acids is 1. The lowest BCUT2D eigenvalue weighted by Crippen LogP contribution is -2.50. The molecule has 0 aromatic heterocycles. The van der Waals surface area contributed by atoms with Gasteiger partial charge in [-0.15, -0.1) is 0 Å². The van der Waals surface area contributed by atoms with Gasteiger partial charge >= 0.3 is 6.03 Å². The first-order chi connectivity index (χ1) is 12.1. The third-order valence-corrected chi connectivity index (χ3v) is 4.42. The van der Waals surface area contributed by atoms with E-state index in [2.05, 4.69) is 29.4 Å². The zero-order valence-corrected chi connectivity index (χ0v) is 15.6. The average Bonchev–Trinajstić information content (AvgIpc) is 2.64. The van der Waals surface area contributed by atoms with Crippen molar-refractivity contribution in [2.75, 3.05) is 40.0 Å². The number of amides is 2. The van der Waals surface area contributed by atoms with Crippen LogP contribution in [0.15, 0.2) is 24.3 Å². The second kappa shape index (κ2) is 10.3. The Morgan fingerprint density at radius 3 is 2.48 bits per heavy atom. The Morgan fingerprint density at radius 1 is 1.20 bits per heavy atom. The van der Waals surface area contributed by atoms with Gasteiger partial charge in [-0.05, 0) is 30.0 Å². The van der Waals surface area contributed by atoms with E-state index in [1.165, 1.54) is 0 Å². The monoisotopic (exact) mass is 349 g/mol. The lowest BCUT2D eigenvalue weighted by atomic mass is 10.0. The number of urea groups is 1. The summed E-state index contributed by atoms with van der Waals surface area (Å²) in [7, 11) is 1.64. The summed E-state index contributed by atoms with van der Waals surface area (Å²) in [5, 5.41) is 5.93. The smallest absolute Gasteiger partial charge is 0.315 e. The number of ether oxygens (including phenoxy) is 2. The topological polar surface area (TPSA) is 62.8 Å².